The van der Waals surface area contributed by atoms with Crippen LogP contribution in [0.3, 0.4) is 0 Å². The normalized spacial score (nSPS) is 13.2. The van der Waals surface area contributed by atoms with Crippen molar-refractivity contribution in [1.29, 1.82) is 0 Å². The van der Waals surface area contributed by atoms with Gasteiger partial charge in [-0.3, -0.25) is 14.4 Å². The summed E-state index contributed by atoms with van der Waals surface area (Å²) in [5, 5.41) is 7.43. The molecule has 2 atom stereocenters. The van der Waals surface area contributed by atoms with Crippen LogP contribution in [0.4, 0.5) is 0 Å². The zero-order chi connectivity index (χ0) is 20.0. The molecular weight excluding hydrogens is 342 g/mol. The van der Waals surface area contributed by atoms with Crippen LogP contribution in [0.5, 0.6) is 0 Å². The van der Waals surface area contributed by atoms with Crippen LogP contribution in [0.1, 0.15) is 32.8 Å². The van der Waals surface area contributed by atoms with Crippen LogP contribution in [0.2, 0.25) is 0 Å². The van der Waals surface area contributed by atoms with E-state index >= 15 is 0 Å². The van der Waals surface area contributed by atoms with Gasteiger partial charge in [-0.1, -0.05) is 56.3 Å². The van der Waals surface area contributed by atoms with E-state index in [4.69, 9.17) is 5.73 Å². The molecule has 0 fully saturated rings. The van der Waals surface area contributed by atoms with Crippen molar-refractivity contribution >= 4 is 28.5 Å². The second kappa shape index (κ2) is 9.16. The molecule has 2 rings (SSSR count). The molecule has 6 nitrogen and oxygen atoms in total. The Morgan fingerprint density at radius 1 is 0.963 bits per heavy atom. The van der Waals surface area contributed by atoms with E-state index in [0.29, 0.717) is 6.42 Å². The number of nitrogens with one attached hydrogen (secondary N) is 2. The number of fused-ring (bicyclic) bond motifs is 1. The molecule has 0 heterocycles. The van der Waals surface area contributed by atoms with Crippen LogP contribution < -0.4 is 16.4 Å². The fourth-order valence-corrected chi connectivity index (χ4v) is 3.13. The first kappa shape index (κ1) is 20.4. The molecule has 0 saturated carbocycles. The third kappa shape index (κ3) is 5.81. The second-order valence-electron chi connectivity index (χ2n) is 7.19. The highest BCUT2D eigenvalue weighted by Gasteiger charge is 2.26. The predicted molar refractivity (Wildman–Crippen MR) is 106 cm³/mol. The van der Waals surface area contributed by atoms with Crippen molar-refractivity contribution in [3.8, 4) is 0 Å². The van der Waals surface area contributed by atoms with E-state index in [9.17, 15) is 14.4 Å². The summed E-state index contributed by atoms with van der Waals surface area (Å²) < 4.78 is 0. The minimum Gasteiger partial charge on any atom is -0.368 e. The average Bonchev–Trinajstić information content (AvgIpc) is 2.59. The van der Waals surface area contributed by atoms with Gasteiger partial charge < -0.3 is 16.4 Å². The molecule has 0 radical (unpaired) electrons. The second-order valence-corrected chi connectivity index (χ2v) is 7.19. The van der Waals surface area contributed by atoms with Crippen LogP contribution in [0.15, 0.2) is 42.5 Å². The number of primary amides is 1. The number of hydrogen-bond donors (Lipinski definition) is 3. The summed E-state index contributed by atoms with van der Waals surface area (Å²) in [6, 6.07) is 12.1. The lowest BCUT2D eigenvalue weighted by molar-refractivity contribution is -0.131. The topological polar surface area (TPSA) is 101 Å². The zero-order valence-electron chi connectivity index (χ0n) is 16.0. The van der Waals surface area contributed by atoms with Crippen molar-refractivity contribution in [1.82, 2.24) is 10.6 Å². The van der Waals surface area contributed by atoms with E-state index in [-0.39, 0.29) is 18.2 Å². The third-order valence-corrected chi connectivity index (χ3v) is 4.36. The maximum Gasteiger partial charge on any atom is 0.243 e. The predicted octanol–water partition coefficient (Wildman–Crippen LogP) is 1.90. The molecule has 0 saturated heterocycles. The van der Waals surface area contributed by atoms with Crippen molar-refractivity contribution in [2.24, 2.45) is 11.7 Å². The molecule has 0 spiro atoms. The number of carbonyl (C=O) groups is 3. The van der Waals surface area contributed by atoms with Gasteiger partial charge >= 0.3 is 0 Å². The van der Waals surface area contributed by atoms with E-state index in [0.717, 1.165) is 16.3 Å². The van der Waals surface area contributed by atoms with E-state index in [1.54, 1.807) is 0 Å². The Labute approximate surface area is 159 Å². The van der Waals surface area contributed by atoms with Gasteiger partial charge in [0.05, 0.1) is 0 Å². The van der Waals surface area contributed by atoms with E-state index in [1.165, 1.54) is 6.92 Å². The zero-order valence-corrected chi connectivity index (χ0v) is 16.0. The molecule has 0 aromatic heterocycles. The van der Waals surface area contributed by atoms with Crippen LogP contribution >= 0.6 is 0 Å². The fraction of sp³-hybridized carbons (Fsp3) is 0.381. The summed E-state index contributed by atoms with van der Waals surface area (Å²) in [6.07, 6.45) is 0.766. The van der Waals surface area contributed by atoms with Crippen LogP contribution in [0, 0.1) is 5.92 Å². The summed E-state index contributed by atoms with van der Waals surface area (Å²) >= 11 is 0. The number of amides is 3. The lowest BCUT2D eigenvalue weighted by Gasteiger charge is -2.23. The monoisotopic (exact) mass is 369 g/mol. The molecule has 3 amide bonds. The first-order valence-electron chi connectivity index (χ1n) is 9.11. The summed E-state index contributed by atoms with van der Waals surface area (Å²) in [4.78, 5) is 36.0. The van der Waals surface area contributed by atoms with Gasteiger partial charge in [0.15, 0.2) is 0 Å². The quantitative estimate of drug-likeness (QED) is 0.662. The Morgan fingerprint density at radius 2 is 1.63 bits per heavy atom. The van der Waals surface area contributed by atoms with Gasteiger partial charge in [-0.05, 0) is 28.7 Å². The molecule has 2 aromatic carbocycles. The smallest absolute Gasteiger partial charge is 0.243 e. The molecule has 2 aromatic rings. The molecule has 0 aliphatic carbocycles. The lowest BCUT2D eigenvalue weighted by atomic mass is 9.97. The Hall–Kier alpha value is -2.89. The fourth-order valence-electron chi connectivity index (χ4n) is 3.13. The van der Waals surface area contributed by atoms with E-state index in [1.807, 2.05) is 56.3 Å². The summed E-state index contributed by atoms with van der Waals surface area (Å²) in [5.41, 5.74) is 6.47. The maximum atomic E-state index is 12.6. The first-order chi connectivity index (χ1) is 12.8. The van der Waals surface area contributed by atoms with Crippen molar-refractivity contribution in [3.63, 3.8) is 0 Å². The van der Waals surface area contributed by atoms with Crippen molar-refractivity contribution in [3.05, 3.63) is 48.0 Å². The molecule has 144 valence electrons. The highest BCUT2D eigenvalue weighted by Crippen LogP contribution is 2.20. The molecule has 0 aliphatic rings. The summed E-state index contributed by atoms with van der Waals surface area (Å²) in [7, 11) is 0. The van der Waals surface area contributed by atoms with E-state index < -0.39 is 23.9 Å². The number of benzene rings is 2. The Balaban J connectivity index is 2.20. The highest BCUT2D eigenvalue weighted by atomic mass is 16.2. The molecule has 0 aliphatic heterocycles. The largest absolute Gasteiger partial charge is 0.368 e. The van der Waals surface area contributed by atoms with Crippen LogP contribution in [-0.2, 0) is 20.8 Å². The molecule has 4 N–H and O–H groups in total. The Bertz CT molecular complexity index is 827. The molecule has 0 bridgehead atoms. The minimum atomic E-state index is -0.855. The highest BCUT2D eigenvalue weighted by molar-refractivity contribution is 5.92. The van der Waals surface area contributed by atoms with Gasteiger partial charge in [0, 0.05) is 13.3 Å². The Morgan fingerprint density at radius 3 is 2.26 bits per heavy atom. The van der Waals surface area contributed by atoms with Gasteiger partial charge in [-0.15, -0.1) is 0 Å². The van der Waals surface area contributed by atoms with Crippen LogP contribution in [-0.4, -0.2) is 29.8 Å². The van der Waals surface area contributed by atoms with Gasteiger partial charge in [-0.25, -0.2) is 0 Å². The average molecular weight is 369 g/mol. The van der Waals surface area contributed by atoms with Gasteiger partial charge in [0.25, 0.3) is 0 Å². The maximum absolute atomic E-state index is 12.6. The van der Waals surface area contributed by atoms with Gasteiger partial charge in [0.2, 0.25) is 17.7 Å². The van der Waals surface area contributed by atoms with E-state index in [2.05, 4.69) is 10.6 Å². The third-order valence-electron chi connectivity index (χ3n) is 4.36. The standard InChI is InChI=1S/C21H27N3O3/c1-13(2)11-19(23-14(3)25)21(27)24-18(20(22)26)12-16-9-6-8-15-7-4-5-10-17(15)16/h4-10,13,18-19H,11-12H2,1-3H3,(H2,22,26)(H,23,25)(H,24,27)/t18-,19+/m1/s1. The molecule has 0 unspecified atom stereocenters. The van der Waals surface area contributed by atoms with Crippen molar-refractivity contribution in [2.75, 3.05) is 0 Å². The lowest BCUT2D eigenvalue weighted by Crippen LogP contribution is -2.53. The number of hydrogen-bond acceptors (Lipinski definition) is 3. The first-order valence-corrected chi connectivity index (χ1v) is 9.11. The number of carbonyl (C=O) groups excluding carboxylic acids is 3. The van der Waals surface area contributed by atoms with Crippen molar-refractivity contribution in [2.45, 2.75) is 45.7 Å². The molecular formula is C21H27N3O3. The number of nitrogens with two attached hydrogens (primary N) is 1. The summed E-state index contributed by atoms with van der Waals surface area (Å²) in [6.45, 7) is 5.29. The molecule has 27 heavy (non-hydrogen) atoms. The number of rotatable bonds is 8. The van der Waals surface area contributed by atoms with Gasteiger partial charge in [0.1, 0.15) is 12.1 Å². The molecule has 6 heteroatoms. The Kier molecular flexibility index (Phi) is 6.93. The van der Waals surface area contributed by atoms with Crippen LogP contribution in [0.25, 0.3) is 10.8 Å². The van der Waals surface area contributed by atoms with Crippen molar-refractivity contribution < 1.29 is 14.4 Å². The minimum absolute atomic E-state index is 0.206. The summed E-state index contributed by atoms with van der Waals surface area (Å²) in [5.74, 6) is -1.09. The van der Waals surface area contributed by atoms with Gasteiger partial charge in [-0.2, -0.15) is 0 Å². The SMILES string of the molecule is CC(=O)N[C@@H](CC(C)C)C(=O)N[C@H](Cc1cccc2ccccc12)C(N)=O.